The number of rotatable bonds is 7. The van der Waals surface area contributed by atoms with Crippen LogP contribution in [0.3, 0.4) is 0 Å². The quantitative estimate of drug-likeness (QED) is 0.757. The maximum Gasteiger partial charge on any atom is 0.254 e. The molecule has 1 heterocycles. The van der Waals surface area contributed by atoms with Gasteiger partial charge in [0.05, 0.1) is 23.7 Å². The topological polar surface area (TPSA) is 59.0 Å². The summed E-state index contributed by atoms with van der Waals surface area (Å²) >= 11 is 1.39. The Kier molecular flexibility index (Phi) is 7.92. The van der Waals surface area contributed by atoms with Crippen LogP contribution in [0.25, 0.3) is 0 Å². The van der Waals surface area contributed by atoms with Gasteiger partial charge >= 0.3 is 0 Å². The van der Waals surface area contributed by atoms with Crippen LogP contribution in [-0.4, -0.2) is 63.0 Å². The highest BCUT2D eigenvalue weighted by atomic mass is 32.1. The second-order valence-electron chi connectivity index (χ2n) is 3.94. The zero-order chi connectivity index (χ0) is 14.8. The Hall–Kier alpha value is -1.39. The summed E-state index contributed by atoms with van der Waals surface area (Å²) in [4.78, 5) is 14.8. The van der Waals surface area contributed by atoms with E-state index in [1.54, 1.807) is 30.6 Å². The first-order valence-electron chi connectivity index (χ1n) is 6.18. The van der Waals surface area contributed by atoms with Crippen LogP contribution in [0.5, 0.6) is 0 Å². The molecule has 0 aliphatic heterocycles. The summed E-state index contributed by atoms with van der Waals surface area (Å²) in [5, 5.41) is 10.4. The zero-order valence-electron chi connectivity index (χ0n) is 11.7. The maximum atomic E-state index is 12.4. The Morgan fingerprint density at radius 1 is 1.35 bits per heavy atom. The lowest BCUT2D eigenvalue weighted by Gasteiger charge is -2.21. The lowest BCUT2D eigenvalue weighted by Crippen LogP contribution is -2.36. The summed E-state index contributed by atoms with van der Waals surface area (Å²) in [6.45, 7) is 1.82. The molecule has 0 radical (unpaired) electrons. The number of carbonyl (C=O) groups is 1. The van der Waals surface area contributed by atoms with Gasteiger partial charge in [0.15, 0.2) is 0 Å². The summed E-state index contributed by atoms with van der Waals surface area (Å²) < 4.78 is 10.0. The number of carbonyl (C=O) groups excluding carboxylic acids is 1. The molecule has 0 saturated carbocycles. The van der Waals surface area contributed by atoms with Crippen LogP contribution in [0.1, 0.15) is 15.2 Å². The van der Waals surface area contributed by atoms with Gasteiger partial charge in [0.25, 0.3) is 5.91 Å². The highest BCUT2D eigenvalue weighted by molar-refractivity contribution is 7.10. The van der Waals surface area contributed by atoms with E-state index in [0.717, 1.165) is 4.88 Å². The zero-order valence-corrected chi connectivity index (χ0v) is 12.5. The third-order valence-electron chi connectivity index (χ3n) is 2.55. The van der Waals surface area contributed by atoms with Crippen molar-refractivity contribution >= 4 is 17.2 Å². The number of methoxy groups -OCH3 is 2. The second kappa shape index (κ2) is 9.50. The summed E-state index contributed by atoms with van der Waals surface area (Å²) in [7, 11) is 3.21. The third kappa shape index (κ3) is 5.31. The summed E-state index contributed by atoms with van der Waals surface area (Å²) in [5.41, 5.74) is 0.601. The summed E-state index contributed by atoms with van der Waals surface area (Å²) in [5.74, 6) is 5.30. The molecular weight excluding hydrogens is 278 g/mol. The van der Waals surface area contributed by atoms with Gasteiger partial charge in [-0.15, -0.1) is 11.3 Å². The molecule has 0 saturated heterocycles. The molecule has 1 N–H and O–H groups in total. The van der Waals surface area contributed by atoms with E-state index in [0.29, 0.717) is 31.9 Å². The molecule has 6 heteroatoms. The van der Waals surface area contributed by atoms with Crippen LogP contribution >= 0.6 is 11.3 Å². The lowest BCUT2D eigenvalue weighted by atomic mass is 10.2. The van der Waals surface area contributed by atoms with Gasteiger partial charge in [-0.3, -0.25) is 4.79 Å². The number of hydrogen-bond donors (Lipinski definition) is 1. The van der Waals surface area contributed by atoms with Crippen LogP contribution in [0.2, 0.25) is 0 Å². The number of amides is 1. The predicted molar refractivity (Wildman–Crippen MR) is 77.9 cm³/mol. The Morgan fingerprint density at radius 2 is 2.00 bits per heavy atom. The van der Waals surface area contributed by atoms with E-state index in [-0.39, 0.29) is 12.5 Å². The van der Waals surface area contributed by atoms with Crippen molar-refractivity contribution in [2.75, 3.05) is 47.1 Å². The van der Waals surface area contributed by atoms with Gasteiger partial charge in [0.1, 0.15) is 6.61 Å². The van der Waals surface area contributed by atoms with Crippen LogP contribution in [0, 0.1) is 11.8 Å². The Morgan fingerprint density at radius 3 is 2.55 bits per heavy atom. The number of aliphatic hydroxyl groups excluding tert-OH is 1. The lowest BCUT2D eigenvalue weighted by molar-refractivity contribution is 0.0628. The molecule has 1 aromatic rings. The van der Waals surface area contributed by atoms with Crippen LogP contribution in [0.4, 0.5) is 0 Å². The minimum absolute atomic E-state index is 0.0626. The van der Waals surface area contributed by atoms with Gasteiger partial charge in [-0.1, -0.05) is 11.8 Å². The molecule has 0 aliphatic carbocycles. The molecule has 0 unspecified atom stereocenters. The smallest absolute Gasteiger partial charge is 0.254 e. The Bertz CT molecular complexity index is 467. The van der Waals surface area contributed by atoms with Gasteiger partial charge in [-0.2, -0.15) is 0 Å². The Balaban J connectivity index is 2.74. The maximum absolute atomic E-state index is 12.4. The van der Waals surface area contributed by atoms with Crippen molar-refractivity contribution < 1.29 is 19.4 Å². The number of hydrogen-bond acceptors (Lipinski definition) is 5. The van der Waals surface area contributed by atoms with Gasteiger partial charge in [-0.25, -0.2) is 0 Å². The molecule has 0 aliphatic rings. The molecule has 0 fully saturated rings. The molecule has 0 aromatic carbocycles. The molecule has 0 atom stereocenters. The predicted octanol–water partition coefficient (Wildman–Crippen LogP) is 0.827. The van der Waals surface area contributed by atoms with E-state index in [1.165, 1.54) is 11.3 Å². The normalized spacial score (nSPS) is 9.95. The molecule has 1 aromatic heterocycles. The van der Waals surface area contributed by atoms with E-state index in [9.17, 15) is 4.79 Å². The van der Waals surface area contributed by atoms with E-state index in [4.69, 9.17) is 14.6 Å². The van der Waals surface area contributed by atoms with Crippen LogP contribution in [-0.2, 0) is 9.47 Å². The van der Waals surface area contributed by atoms with Crippen LogP contribution in [0.15, 0.2) is 11.4 Å². The molecule has 1 rings (SSSR count). The number of aliphatic hydroxyl groups is 1. The fourth-order valence-electron chi connectivity index (χ4n) is 1.54. The first kappa shape index (κ1) is 16.7. The first-order valence-corrected chi connectivity index (χ1v) is 7.06. The van der Waals surface area contributed by atoms with Gasteiger partial charge in [0, 0.05) is 32.7 Å². The minimum Gasteiger partial charge on any atom is -0.384 e. The Labute approximate surface area is 123 Å². The third-order valence-corrected chi connectivity index (χ3v) is 3.40. The average molecular weight is 297 g/mol. The van der Waals surface area contributed by atoms with Gasteiger partial charge in [0.2, 0.25) is 0 Å². The van der Waals surface area contributed by atoms with Crippen molar-refractivity contribution in [3.05, 3.63) is 21.9 Å². The second-order valence-corrected chi connectivity index (χ2v) is 4.85. The van der Waals surface area contributed by atoms with E-state index < -0.39 is 0 Å². The molecule has 1 amide bonds. The van der Waals surface area contributed by atoms with Crippen molar-refractivity contribution in [3.63, 3.8) is 0 Å². The highest BCUT2D eigenvalue weighted by Gasteiger charge is 2.16. The highest BCUT2D eigenvalue weighted by Crippen LogP contribution is 2.15. The molecule has 20 heavy (non-hydrogen) atoms. The summed E-state index contributed by atoms with van der Waals surface area (Å²) in [6.07, 6.45) is 0. The molecule has 5 nitrogen and oxygen atoms in total. The summed E-state index contributed by atoms with van der Waals surface area (Å²) in [6, 6.07) is 1.74. The molecule has 0 bridgehead atoms. The van der Waals surface area contributed by atoms with Crippen molar-refractivity contribution in [2.45, 2.75) is 0 Å². The standard InChI is InChI=1S/C14H19NO4S/c1-18-8-5-15(6-9-19-2)14(17)12-10-13(20-11-12)4-3-7-16/h10-11,16H,5-9H2,1-2H3. The van der Waals surface area contributed by atoms with Gasteiger partial charge < -0.3 is 19.5 Å². The SMILES string of the molecule is COCCN(CCOC)C(=O)c1csc(C#CCO)c1. The van der Waals surface area contributed by atoms with E-state index >= 15 is 0 Å². The van der Waals surface area contributed by atoms with Crippen LogP contribution < -0.4 is 0 Å². The van der Waals surface area contributed by atoms with Crippen molar-refractivity contribution in [1.29, 1.82) is 0 Å². The largest absolute Gasteiger partial charge is 0.384 e. The first-order chi connectivity index (χ1) is 9.72. The fraction of sp³-hybridized carbons (Fsp3) is 0.500. The van der Waals surface area contributed by atoms with E-state index in [1.807, 2.05) is 0 Å². The van der Waals surface area contributed by atoms with Crippen molar-refractivity contribution in [2.24, 2.45) is 0 Å². The number of nitrogens with zero attached hydrogens (tertiary/aromatic N) is 1. The molecule has 0 spiro atoms. The molecule has 110 valence electrons. The number of ether oxygens (including phenoxy) is 2. The van der Waals surface area contributed by atoms with Gasteiger partial charge in [-0.05, 0) is 6.07 Å². The molecular formula is C14H19NO4S. The van der Waals surface area contributed by atoms with Crippen molar-refractivity contribution in [1.82, 2.24) is 4.90 Å². The minimum atomic E-state index is -0.186. The van der Waals surface area contributed by atoms with Crippen molar-refractivity contribution in [3.8, 4) is 11.8 Å². The van der Waals surface area contributed by atoms with E-state index in [2.05, 4.69) is 11.8 Å². The average Bonchev–Trinajstić information content (AvgIpc) is 2.93. The monoisotopic (exact) mass is 297 g/mol. The fourth-order valence-corrected chi connectivity index (χ4v) is 2.29. The number of thiophene rings is 1.